The lowest BCUT2D eigenvalue weighted by Gasteiger charge is -1.85. The van der Waals surface area contributed by atoms with Crippen LogP contribution in [0.3, 0.4) is 0 Å². The van der Waals surface area contributed by atoms with Crippen LogP contribution in [-0.2, 0) is 6.42 Å². The van der Waals surface area contributed by atoms with Crippen LogP contribution in [0.5, 0.6) is 0 Å². The smallest absolute Gasteiger partial charge is 0.167 e. The predicted molar refractivity (Wildman–Crippen MR) is 58.5 cm³/mol. The van der Waals surface area contributed by atoms with Crippen molar-refractivity contribution >= 4 is 22.7 Å². The van der Waals surface area contributed by atoms with Gasteiger partial charge in [0.1, 0.15) is 10.7 Å². The van der Waals surface area contributed by atoms with Crippen molar-refractivity contribution in [3.05, 3.63) is 15.4 Å². The second-order valence-corrected chi connectivity index (χ2v) is 4.92. The predicted octanol–water partition coefficient (Wildman–Crippen LogP) is 1.47. The van der Waals surface area contributed by atoms with Crippen molar-refractivity contribution in [1.82, 2.24) is 15.2 Å². The van der Waals surface area contributed by atoms with Crippen LogP contribution < -0.4 is 5.73 Å². The number of thiazole rings is 1. The van der Waals surface area contributed by atoms with E-state index >= 15 is 0 Å². The Bertz CT molecular complexity index is 420. The van der Waals surface area contributed by atoms with Gasteiger partial charge in [-0.3, -0.25) is 0 Å². The molecule has 0 aliphatic rings. The first kappa shape index (κ1) is 9.70. The molecule has 0 saturated heterocycles. The van der Waals surface area contributed by atoms with Crippen LogP contribution in [0.15, 0.2) is 5.38 Å². The Labute approximate surface area is 89.8 Å². The fourth-order valence-corrected chi connectivity index (χ4v) is 2.53. The van der Waals surface area contributed by atoms with Gasteiger partial charge >= 0.3 is 0 Å². The fraction of sp³-hybridized carbons (Fsp3) is 0.375. The zero-order valence-corrected chi connectivity index (χ0v) is 9.36. The van der Waals surface area contributed by atoms with Gasteiger partial charge < -0.3 is 5.73 Å². The van der Waals surface area contributed by atoms with E-state index in [-0.39, 0.29) is 0 Å². The Morgan fingerprint density at radius 1 is 1.43 bits per heavy atom. The molecule has 2 N–H and O–H groups in total. The van der Waals surface area contributed by atoms with E-state index in [1.165, 1.54) is 0 Å². The molecule has 2 heterocycles. The summed E-state index contributed by atoms with van der Waals surface area (Å²) in [4.78, 5) is 4.35. The molecule has 2 rings (SSSR count). The molecule has 0 unspecified atom stereocenters. The minimum Gasteiger partial charge on any atom is -0.330 e. The summed E-state index contributed by atoms with van der Waals surface area (Å²) in [6.45, 7) is 2.60. The quantitative estimate of drug-likeness (QED) is 0.860. The summed E-state index contributed by atoms with van der Waals surface area (Å²) in [7, 11) is 0. The summed E-state index contributed by atoms with van der Waals surface area (Å²) >= 11 is 3.19. The van der Waals surface area contributed by atoms with Crippen molar-refractivity contribution in [2.24, 2.45) is 5.73 Å². The Morgan fingerprint density at radius 2 is 2.29 bits per heavy atom. The molecule has 0 radical (unpaired) electrons. The molecule has 0 fully saturated rings. The van der Waals surface area contributed by atoms with Gasteiger partial charge in [-0.25, -0.2) is 4.98 Å². The summed E-state index contributed by atoms with van der Waals surface area (Å²) < 4.78 is 0. The average Bonchev–Trinajstić information content (AvgIpc) is 2.74. The molecule has 0 atom stereocenters. The van der Waals surface area contributed by atoms with E-state index in [0.29, 0.717) is 6.54 Å². The number of aryl methyl sites for hydroxylation is 1. The molecular weight excluding hydrogens is 216 g/mol. The minimum absolute atomic E-state index is 0.616. The van der Waals surface area contributed by atoms with Gasteiger partial charge in [-0.2, -0.15) is 0 Å². The van der Waals surface area contributed by atoms with E-state index < -0.39 is 0 Å². The molecule has 0 bridgehead atoms. The molecule has 0 spiro atoms. The maximum absolute atomic E-state index is 5.44. The molecule has 4 nitrogen and oxygen atoms in total. The lowest BCUT2D eigenvalue weighted by atomic mass is 10.5. The molecule has 0 aromatic carbocycles. The highest BCUT2D eigenvalue weighted by molar-refractivity contribution is 7.15. The zero-order valence-electron chi connectivity index (χ0n) is 7.73. The normalized spacial score (nSPS) is 10.7. The van der Waals surface area contributed by atoms with Gasteiger partial charge in [0.05, 0.1) is 5.01 Å². The van der Waals surface area contributed by atoms with Gasteiger partial charge in [0, 0.05) is 11.8 Å². The molecule has 2 aromatic rings. The Balaban J connectivity index is 2.24. The van der Waals surface area contributed by atoms with Crippen LogP contribution in [0, 0.1) is 6.92 Å². The first-order valence-electron chi connectivity index (χ1n) is 4.24. The molecule has 74 valence electrons. The fourth-order valence-electron chi connectivity index (χ4n) is 1.04. The van der Waals surface area contributed by atoms with Crippen LogP contribution >= 0.6 is 22.7 Å². The lowest BCUT2D eigenvalue weighted by molar-refractivity contribution is 0.913. The number of hydrogen-bond donors (Lipinski definition) is 1. The molecule has 0 aliphatic carbocycles. The van der Waals surface area contributed by atoms with Crippen LogP contribution in [0.2, 0.25) is 0 Å². The standard InChI is InChI=1S/C8H10N4S2/c1-5-10-6(4-13-5)8-12-11-7(14-8)2-3-9/h4H,2-3,9H2,1H3. The summed E-state index contributed by atoms with van der Waals surface area (Å²) in [5.41, 5.74) is 6.36. The highest BCUT2D eigenvalue weighted by Crippen LogP contribution is 2.24. The maximum Gasteiger partial charge on any atom is 0.167 e. The maximum atomic E-state index is 5.44. The third-order valence-corrected chi connectivity index (χ3v) is 3.44. The second kappa shape index (κ2) is 4.12. The molecule has 0 saturated carbocycles. The van der Waals surface area contributed by atoms with Crippen molar-refractivity contribution in [2.45, 2.75) is 13.3 Å². The third kappa shape index (κ3) is 1.97. The van der Waals surface area contributed by atoms with Gasteiger partial charge in [0.2, 0.25) is 0 Å². The first-order chi connectivity index (χ1) is 6.79. The Kier molecular flexibility index (Phi) is 2.85. The number of rotatable bonds is 3. The van der Waals surface area contributed by atoms with E-state index in [1.54, 1.807) is 22.7 Å². The lowest BCUT2D eigenvalue weighted by Crippen LogP contribution is -2.01. The second-order valence-electron chi connectivity index (χ2n) is 2.79. The molecule has 14 heavy (non-hydrogen) atoms. The zero-order chi connectivity index (χ0) is 9.97. The number of nitrogens with two attached hydrogens (primary N) is 1. The van der Waals surface area contributed by atoms with E-state index in [2.05, 4.69) is 15.2 Å². The van der Waals surface area contributed by atoms with Gasteiger partial charge in [-0.1, -0.05) is 11.3 Å². The number of aromatic nitrogens is 3. The average molecular weight is 226 g/mol. The van der Waals surface area contributed by atoms with Crippen LogP contribution in [0.1, 0.15) is 10.0 Å². The SMILES string of the molecule is Cc1nc(-c2nnc(CCN)s2)cs1. The van der Waals surface area contributed by atoms with E-state index in [1.807, 2.05) is 12.3 Å². The highest BCUT2D eigenvalue weighted by Gasteiger charge is 2.08. The first-order valence-corrected chi connectivity index (χ1v) is 5.94. The summed E-state index contributed by atoms with van der Waals surface area (Å²) in [5.74, 6) is 0. The molecule has 0 aliphatic heterocycles. The van der Waals surface area contributed by atoms with Crippen molar-refractivity contribution in [3.8, 4) is 10.7 Å². The highest BCUT2D eigenvalue weighted by atomic mass is 32.1. The van der Waals surface area contributed by atoms with Crippen molar-refractivity contribution in [1.29, 1.82) is 0 Å². The number of nitrogens with zero attached hydrogens (tertiary/aromatic N) is 3. The summed E-state index contributed by atoms with van der Waals surface area (Å²) in [6.07, 6.45) is 0.792. The monoisotopic (exact) mass is 226 g/mol. The minimum atomic E-state index is 0.616. The molecule has 0 amide bonds. The van der Waals surface area contributed by atoms with Crippen LogP contribution in [-0.4, -0.2) is 21.7 Å². The van der Waals surface area contributed by atoms with Crippen molar-refractivity contribution < 1.29 is 0 Å². The molecule has 6 heteroatoms. The largest absolute Gasteiger partial charge is 0.330 e. The van der Waals surface area contributed by atoms with Gasteiger partial charge in [-0.15, -0.1) is 21.5 Å². The van der Waals surface area contributed by atoms with Gasteiger partial charge in [0.15, 0.2) is 5.01 Å². The van der Waals surface area contributed by atoms with E-state index in [4.69, 9.17) is 5.73 Å². The molecule has 2 aromatic heterocycles. The topological polar surface area (TPSA) is 64.7 Å². The summed E-state index contributed by atoms with van der Waals surface area (Å²) in [6, 6.07) is 0. The Morgan fingerprint density at radius 3 is 2.93 bits per heavy atom. The van der Waals surface area contributed by atoms with E-state index in [0.717, 1.165) is 27.1 Å². The van der Waals surface area contributed by atoms with Gasteiger partial charge in [0.25, 0.3) is 0 Å². The molecular formula is C8H10N4S2. The third-order valence-electron chi connectivity index (χ3n) is 1.66. The summed E-state index contributed by atoms with van der Waals surface area (Å²) in [5, 5.41) is 13.0. The van der Waals surface area contributed by atoms with Crippen molar-refractivity contribution in [3.63, 3.8) is 0 Å². The van der Waals surface area contributed by atoms with Crippen LogP contribution in [0.25, 0.3) is 10.7 Å². The van der Waals surface area contributed by atoms with E-state index in [9.17, 15) is 0 Å². The number of hydrogen-bond acceptors (Lipinski definition) is 6. The Hall–Kier alpha value is -0.850. The van der Waals surface area contributed by atoms with Crippen LogP contribution in [0.4, 0.5) is 0 Å². The van der Waals surface area contributed by atoms with Crippen molar-refractivity contribution in [2.75, 3.05) is 6.54 Å². The van der Waals surface area contributed by atoms with Gasteiger partial charge in [-0.05, 0) is 13.5 Å².